The van der Waals surface area contributed by atoms with Crippen LogP contribution < -0.4 is 4.74 Å². The van der Waals surface area contributed by atoms with Gasteiger partial charge in [0.25, 0.3) is 10.0 Å². The van der Waals surface area contributed by atoms with E-state index in [4.69, 9.17) is 10.00 Å². The molecule has 1 aliphatic rings. The number of ether oxygens (including phenoxy) is 1. The highest BCUT2D eigenvalue weighted by atomic mass is 79.9. The van der Waals surface area contributed by atoms with Crippen LogP contribution in [0, 0.1) is 17.1 Å². The Morgan fingerprint density at radius 3 is 2.58 bits per heavy atom. The molecule has 5 nitrogen and oxygen atoms in total. The lowest BCUT2D eigenvalue weighted by atomic mass is 10.0. The summed E-state index contributed by atoms with van der Waals surface area (Å²) in [5, 5.41) is 9.51. The van der Waals surface area contributed by atoms with Crippen molar-refractivity contribution in [1.82, 2.24) is 3.97 Å². The van der Waals surface area contributed by atoms with Crippen LogP contribution >= 0.6 is 15.9 Å². The standard InChI is InChI=1S/C22H15BrF2N2O3S/c1-22(8-6-16(23)12-21(22)25)31(28,29)27-9-7-14-10-18(3-5-20(14)27)30-17-2-4-19(24)15(11-17)13-26/h2-7,9-12H,8H2,1H3. The number of hydrogen-bond acceptors (Lipinski definition) is 4. The van der Waals surface area contributed by atoms with E-state index in [9.17, 15) is 17.2 Å². The van der Waals surface area contributed by atoms with Crippen LogP contribution in [0.2, 0.25) is 0 Å². The SMILES string of the molecule is CC1(S(=O)(=O)n2ccc3cc(Oc4ccc(F)c(C#N)c4)ccc32)CC=C(Br)C=C1F. The van der Waals surface area contributed by atoms with Gasteiger partial charge in [0.1, 0.15) is 34.0 Å². The summed E-state index contributed by atoms with van der Waals surface area (Å²) < 4.78 is 60.3. The molecule has 158 valence electrons. The first kappa shape index (κ1) is 21.3. The van der Waals surface area contributed by atoms with Crippen LogP contribution in [-0.4, -0.2) is 17.1 Å². The molecule has 0 aliphatic heterocycles. The molecular formula is C22H15BrF2N2O3S. The van der Waals surface area contributed by atoms with Crippen LogP contribution in [0.15, 0.2) is 71.1 Å². The molecule has 31 heavy (non-hydrogen) atoms. The summed E-state index contributed by atoms with van der Waals surface area (Å²) in [4.78, 5) is 0. The molecule has 0 saturated carbocycles. The largest absolute Gasteiger partial charge is 0.457 e. The predicted molar refractivity (Wildman–Crippen MR) is 117 cm³/mol. The summed E-state index contributed by atoms with van der Waals surface area (Å²) >= 11 is 3.17. The van der Waals surface area contributed by atoms with Gasteiger partial charge in [-0.15, -0.1) is 0 Å². The first-order valence-electron chi connectivity index (χ1n) is 9.13. The van der Waals surface area contributed by atoms with Crippen LogP contribution in [0.4, 0.5) is 8.78 Å². The van der Waals surface area contributed by atoms with Crippen molar-refractivity contribution in [2.75, 3.05) is 0 Å². The molecule has 3 aromatic rings. The van der Waals surface area contributed by atoms with Gasteiger partial charge >= 0.3 is 0 Å². The van der Waals surface area contributed by atoms with Crippen molar-refractivity contribution in [3.05, 3.63) is 82.5 Å². The third-order valence-electron chi connectivity index (χ3n) is 5.20. The van der Waals surface area contributed by atoms with Gasteiger partial charge in [0.05, 0.1) is 11.1 Å². The number of rotatable bonds is 4. The molecule has 0 amide bonds. The van der Waals surface area contributed by atoms with Crippen LogP contribution in [0.25, 0.3) is 10.9 Å². The third kappa shape index (κ3) is 3.56. The Labute approximate surface area is 186 Å². The molecule has 0 saturated heterocycles. The molecule has 0 bridgehead atoms. The van der Waals surface area contributed by atoms with Gasteiger partial charge in [0.15, 0.2) is 0 Å². The molecule has 1 heterocycles. The predicted octanol–water partition coefficient (Wildman–Crippen LogP) is 5.92. The van der Waals surface area contributed by atoms with Gasteiger partial charge in [-0.05, 0) is 55.8 Å². The second kappa shape index (κ2) is 7.62. The maximum atomic E-state index is 14.7. The maximum Gasteiger partial charge on any atom is 0.251 e. The molecule has 1 aliphatic carbocycles. The Morgan fingerprint density at radius 1 is 1.16 bits per heavy atom. The molecule has 0 spiro atoms. The van der Waals surface area contributed by atoms with Crippen LogP contribution in [0.5, 0.6) is 11.5 Å². The minimum absolute atomic E-state index is 0.00902. The van der Waals surface area contributed by atoms with Crippen molar-refractivity contribution in [3.63, 3.8) is 0 Å². The number of aromatic nitrogens is 1. The van der Waals surface area contributed by atoms with E-state index in [0.717, 1.165) is 16.1 Å². The zero-order chi connectivity index (χ0) is 22.4. The Hall–Kier alpha value is -2.96. The van der Waals surface area contributed by atoms with Gasteiger partial charge in [-0.2, -0.15) is 5.26 Å². The van der Waals surface area contributed by atoms with Crippen molar-refractivity contribution >= 4 is 36.9 Å². The van der Waals surface area contributed by atoms with Gasteiger partial charge in [-0.25, -0.2) is 21.2 Å². The van der Waals surface area contributed by atoms with Crippen LogP contribution in [-0.2, 0) is 10.0 Å². The average molecular weight is 505 g/mol. The van der Waals surface area contributed by atoms with E-state index >= 15 is 0 Å². The maximum absolute atomic E-state index is 14.7. The molecule has 0 radical (unpaired) electrons. The zero-order valence-corrected chi connectivity index (χ0v) is 18.5. The Balaban J connectivity index is 1.70. The molecule has 2 aromatic carbocycles. The fourth-order valence-corrected chi connectivity index (χ4v) is 5.37. The van der Waals surface area contributed by atoms with Crippen molar-refractivity contribution in [2.45, 2.75) is 18.1 Å². The van der Waals surface area contributed by atoms with E-state index in [1.807, 2.05) is 0 Å². The highest BCUT2D eigenvalue weighted by Gasteiger charge is 2.45. The van der Waals surface area contributed by atoms with E-state index in [1.54, 1.807) is 36.4 Å². The van der Waals surface area contributed by atoms with E-state index in [1.165, 1.54) is 25.3 Å². The lowest BCUT2D eigenvalue weighted by Crippen LogP contribution is -2.40. The van der Waals surface area contributed by atoms with Gasteiger partial charge in [0.2, 0.25) is 0 Å². The lowest BCUT2D eigenvalue weighted by molar-refractivity contribution is 0.476. The minimum Gasteiger partial charge on any atom is -0.457 e. The summed E-state index contributed by atoms with van der Waals surface area (Å²) in [6, 6.07) is 11.9. The fraction of sp³-hybridized carbons (Fsp3) is 0.136. The molecule has 1 aromatic heterocycles. The molecule has 1 atom stereocenters. The quantitative estimate of drug-likeness (QED) is 0.442. The van der Waals surface area contributed by atoms with E-state index in [0.29, 0.717) is 21.1 Å². The third-order valence-corrected chi connectivity index (χ3v) is 8.09. The second-order valence-corrected chi connectivity index (χ2v) is 10.4. The number of hydrogen-bond donors (Lipinski definition) is 0. The summed E-state index contributed by atoms with van der Waals surface area (Å²) in [5.41, 5.74) is 0.221. The molecule has 1 unspecified atom stereocenters. The number of benzene rings is 2. The zero-order valence-electron chi connectivity index (χ0n) is 16.1. The Kier molecular flexibility index (Phi) is 5.23. The lowest BCUT2D eigenvalue weighted by Gasteiger charge is -2.29. The molecule has 4 rings (SSSR count). The Bertz CT molecular complexity index is 1420. The summed E-state index contributed by atoms with van der Waals surface area (Å²) in [6.07, 6.45) is 4.15. The number of fused-ring (bicyclic) bond motifs is 1. The topological polar surface area (TPSA) is 72.1 Å². The smallest absolute Gasteiger partial charge is 0.251 e. The van der Waals surface area contributed by atoms with Gasteiger partial charge in [0, 0.05) is 22.1 Å². The highest BCUT2D eigenvalue weighted by molar-refractivity contribution is 9.11. The number of halogens is 3. The van der Waals surface area contributed by atoms with Gasteiger partial charge in [-0.1, -0.05) is 22.0 Å². The molecular weight excluding hydrogens is 490 g/mol. The van der Waals surface area contributed by atoms with Gasteiger partial charge < -0.3 is 4.74 Å². The van der Waals surface area contributed by atoms with E-state index < -0.39 is 26.4 Å². The molecule has 0 fully saturated rings. The Morgan fingerprint density at radius 2 is 1.87 bits per heavy atom. The van der Waals surface area contributed by atoms with Gasteiger partial charge in [-0.3, -0.25) is 0 Å². The number of nitriles is 1. The average Bonchev–Trinajstić information content (AvgIpc) is 3.16. The highest BCUT2D eigenvalue weighted by Crippen LogP contribution is 2.40. The normalized spacial score (nSPS) is 18.9. The van der Waals surface area contributed by atoms with Crippen molar-refractivity contribution in [3.8, 4) is 17.6 Å². The first-order valence-corrected chi connectivity index (χ1v) is 11.4. The van der Waals surface area contributed by atoms with Crippen LogP contribution in [0.3, 0.4) is 0 Å². The minimum atomic E-state index is -4.11. The molecule has 0 N–H and O–H groups in total. The second-order valence-electron chi connectivity index (χ2n) is 7.21. The van der Waals surface area contributed by atoms with E-state index in [2.05, 4.69) is 15.9 Å². The fourth-order valence-electron chi connectivity index (χ4n) is 3.33. The summed E-state index contributed by atoms with van der Waals surface area (Å²) in [6.45, 7) is 1.36. The first-order chi connectivity index (χ1) is 14.7. The van der Waals surface area contributed by atoms with E-state index in [-0.39, 0.29) is 17.7 Å². The van der Waals surface area contributed by atoms with Crippen molar-refractivity contribution < 1.29 is 21.9 Å². The number of nitrogens with zero attached hydrogens (tertiary/aromatic N) is 2. The van der Waals surface area contributed by atoms with Crippen molar-refractivity contribution in [2.24, 2.45) is 0 Å². The van der Waals surface area contributed by atoms with Crippen LogP contribution in [0.1, 0.15) is 18.9 Å². The summed E-state index contributed by atoms with van der Waals surface area (Å²) in [5.74, 6) is -0.746. The monoisotopic (exact) mass is 504 g/mol. The number of allylic oxidation sites excluding steroid dienone is 3. The molecule has 9 heteroatoms. The summed E-state index contributed by atoms with van der Waals surface area (Å²) in [7, 11) is -4.11. The van der Waals surface area contributed by atoms with Crippen molar-refractivity contribution in [1.29, 1.82) is 5.26 Å².